The summed E-state index contributed by atoms with van der Waals surface area (Å²) in [7, 11) is -1.84. The maximum absolute atomic E-state index is 10.2. The molecule has 6 N–H and O–H groups in total. The third kappa shape index (κ3) is 41.1. The Morgan fingerprint density at radius 2 is 0.628 bits per heavy atom. The highest BCUT2D eigenvalue weighted by Crippen LogP contribution is 2.14. The lowest BCUT2D eigenvalue weighted by atomic mass is 9.81. The van der Waals surface area contributed by atoms with Crippen LogP contribution in [-0.2, 0) is 0 Å². The number of rotatable bonds is 29. The zero-order valence-electron chi connectivity index (χ0n) is 29.4. The van der Waals surface area contributed by atoms with Gasteiger partial charge in [-0.25, -0.2) is 0 Å². The van der Waals surface area contributed by atoms with Crippen molar-refractivity contribution in [3.05, 3.63) is 30.3 Å². The monoisotopic (exact) mass is 605 g/mol. The molecule has 0 amide bonds. The average Bonchev–Trinajstić information content (AvgIpc) is 3.03. The van der Waals surface area contributed by atoms with Crippen LogP contribution in [0.25, 0.3) is 0 Å². The Kier molecular flexibility index (Phi) is 42.3. The molecule has 0 radical (unpaired) electrons. The zero-order chi connectivity index (χ0) is 31.9. The molecular weight excluding hydrogens is 527 g/mol. The fourth-order valence-corrected chi connectivity index (χ4v) is 5.35. The molecule has 0 saturated heterocycles. The highest BCUT2D eigenvalue weighted by molar-refractivity contribution is 6.55. The summed E-state index contributed by atoms with van der Waals surface area (Å²) >= 11 is 0. The van der Waals surface area contributed by atoms with E-state index in [0.29, 0.717) is 5.46 Å². The van der Waals surface area contributed by atoms with Crippen LogP contribution in [0.3, 0.4) is 0 Å². The Morgan fingerprint density at radius 1 is 0.395 bits per heavy atom. The summed E-state index contributed by atoms with van der Waals surface area (Å²) in [6.07, 6.45) is 40.4. The second-order valence-electron chi connectivity index (χ2n) is 12.6. The first-order valence-corrected chi connectivity index (χ1v) is 19.1. The van der Waals surface area contributed by atoms with Crippen LogP contribution in [0.5, 0.6) is 0 Å². The summed E-state index contributed by atoms with van der Waals surface area (Å²) in [5.74, 6) is 0. The molecule has 1 aromatic rings. The van der Waals surface area contributed by atoms with Crippen molar-refractivity contribution in [1.82, 2.24) is 0 Å². The van der Waals surface area contributed by atoms with Gasteiger partial charge in [0.15, 0.2) is 0 Å². The summed E-state index contributed by atoms with van der Waals surface area (Å²) in [6.45, 7) is 6.82. The molecule has 0 fully saturated rings. The molecule has 0 aliphatic heterocycles. The van der Waals surface area contributed by atoms with Crippen LogP contribution < -0.4 is 27.0 Å². The first-order chi connectivity index (χ1) is 21.1. The van der Waals surface area contributed by atoms with E-state index >= 15 is 0 Å². The van der Waals surface area contributed by atoms with E-state index in [1.807, 2.05) is 0 Å². The van der Waals surface area contributed by atoms with Gasteiger partial charge >= 0.3 is 0 Å². The van der Waals surface area contributed by atoms with Crippen LogP contribution >= 0.6 is 0 Å². The number of benzene rings is 1. The van der Waals surface area contributed by atoms with Crippen LogP contribution in [0.2, 0.25) is 0 Å². The van der Waals surface area contributed by atoms with Crippen molar-refractivity contribution in [2.75, 3.05) is 13.1 Å². The van der Waals surface area contributed by atoms with Crippen molar-refractivity contribution in [3.63, 3.8) is 0 Å². The van der Waals surface area contributed by atoms with Crippen molar-refractivity contribution >= 4 is 12.6 Å². The molecule has 254 valence electrons. The minimum absolute atomic E-state index is 0.303. The third-order valence-corrected chi connectivity index (χ3v) is 8.28. The predicted molar refractivity (Wildman–Crippen MR) is 188 cm³/mol. The molecule has 1 aromatic carbocycles. The SMILES string of the molecule is CCCCCCCCCCCCCCCC[NH3+].CCCCCCCCCCCCCCCC[NH3+].[O-]B([O-])c1ccccc1. The molecule has 0 unspecified atom stereocenters. The number of unbranched alkanes of at least 4 members (excludes halogenated alkanes) is 26. The molecule has 0 aliphatic rings. The van der Waals surface area contributed by atoms with Crippen LogP contribution in [0.4, 0.5) is 0 Å². The van der Waals surface area contributed by atoms with E-state index in [4.69, 9.17) is 0 Å². The van der Waals surface area contributed by atoms with Crippen molar-refractivity contribution in [1.29, 1.82) is 0 Å². The normalized spacial score (nSPS) is 10.6. The van der Waals surface area contributed by atoms with Crippen LogP contribution in [0, 0.1) is 0 Å². The largest absolute Gasteiger partial charge is 0.889 e. The standard InChI is InChI=1S/2C16H35N.C6H5BO2/c2*1-2-3-4-5-6-7-8-9-10-11-12-13-14-15-16-17;8-7(9)6-4-2-1-3-5-6/h2*2-17H2,1H3;1-5H/q;;-2/p+2. The molecule has 0 bridgehead atoms. The van der Waals surface area contributed by atoms with Gasteiger partial charge in [-0.15, -0.1) is 5.46 Å². The highest BCUT2D eigenvalue weighted by atomic mass is 16.4. The molecular formula is C38H77BN2O2. The van der Waals surface area contributed by atoms with Gasteiger partial charge in [0.05, 0.1) is 13.1 Å². The smallest absolute Gasteiger partial charge is 0.0739 e. The minimum Gasteiger partial charge on any atom is -0.889 e. The molecule has 0 heterocycles. The summed E-state index contributed by atoms with van der Waals surface area (Å²) in [6, 6.07) is 8.19. The Labute approximate surface area is 270 Å². The minimum atomic E-state index is -1.84. The third-order valence-electron chi connectivity index (χ3n) is 8.28. The van der Waals surface area contributed by atoms with Gasteiger partial charge in [-0.3, -0.25) is 0 Å². The molecule has 0 atom stereocenters. The van der Waals surface area contributed by atoms with Gasteiger partial charge < -0.3 is 21.5 Å². The van der Waals surface area contributed by atoms with Crippen LogP contribution in [-0.4, -0.2) is 20.2 Å². The second-order valence-corrected chi connectivity index (χ2v) is 12.6. The fourth-order valence-electron chi connectivity index (χ4n) is 5.35. The van der Waals surface area contributed by atoms with E-state index in [0.717, 1.165) is 13.1 Å². The number of hydrogen-bond acceptors (Lipinski definition) is 2. The zero-order valence-corrected chi connectivity index (χ0v) is 29.4. The molecule has 0 saturated carbocycles. The van der Waals surface area contributed by atoms with E-state index < -0.39 is 7.12 Å². The maximum atomic E-state index is 10.2. The van der Waals surface area contributed by atoms with Crippen molar-refractivity contribution < 1.29 is 21.5 Å². The van der Waals surface area contributed by atoms with E-state index in [-0.39, 0.29) is 0 Å². The lowest BCUT2D eigenvalue weighted by molar-refractivity contribution is -0.368. The maximum Gasteiger partial charge on any atom is 0.0739 e. The van der Waals surface area contributed by atoms with Gasteiger partial charge in [0.2, 0.25) is 0 Å². The summed E-state index contributed by atoms with van der Waals surface area (Å²) < 4.78 is 0. The first kappa shape index (κ1) is 44.3. The second kappa shape index (κ2) is 41.1. The Balaban J connectivity index is 0. The lowest BCUT2D eigenvalue weighted by Gasteiger charge is -2.26. The van der Waals surface area contributed by atoms with E-state index in [1.165, 1.54) is 192 Å². The number of quaternary nitrogens is 2. The molecule has 0 aromatic heterocycles. The van der Waals surface area contributed by atoms with E-state index in [2.05, 4.69) is 25.3 Å². The first-order valence-electron chi connectivity index (χ1n) is 19.1. The number of hydrogen-bond donors (Lipinski definition) is 2. The lowest BCUT2D eigenvalue weighted by Crippen LogP contribution is -2.54. The molecule has 4 nitrogen and oxygen atoms in total. The van der Waals surface area contributed by atoms with Crippen molar-refractivity contribution in [2.45, 2.75) is 194 Å². The topological polar surface area (TPSA) is 101 Å². The molecule has 0 aliphatic carbocycles. The molecule has 0 spiro atoms. The van der Waals surface area contributed by atoms with Gasteiger partial charge in [0.25, 0.3) is 0 Å². The van der Waals surface area contributed by atoms with Gasteiger partial charge in [0.1, 0.15) is 0 Å². The van der Waals surface area contributed by atoms with Gasteiger partial charge in [-0.1, -0.05) is 205 Å². The Hall–Kier alpha value is -0.875. The van der Waals surface area contributed by atoms with Gasteiger partial charge in [-0.2, -0.15) is 0 Å². The Morgan fingerprint density at radius 3 is 0.814 bits per heavy atom. The molecule has 43 heavy (non-hydrogen) atoms. The summed E-state index contributed by atoms with van der Waals surface area (Å²) in [5, 5.41) is 20.3. The van der Waals surface area contributed by atoms with Crippen LogP contribution in [0.1, 0.15) is 194 Å². The van der Waals surface area contributed by atoms with Crippen molar-refractivity contribution in [2.24, 2.45) is 0 Å². The molecule has 1 rings (SSSR count). The fraction of sp³-hybridized carbons (Fsp3) is 0.842. The summed E-state index contributed by atoms with van der Waals surface area (Å²) in [5.41, 5.74) is 8.06. The predicted octanol–water partition coefficient (Wildman–Crippen LogP) is 7.52. The Bertz CT molecular complexity index is 531. The van der Waals surface area contributed by atoms with Crippen LogP contribution in [0.15, 0.2) is 30.3 Å². The van der Waals surface area contributed by atoms with Gasteiger partial charge in [-0.05, 0) is 25.7 Å². The quantitative estimate of drug-likeness (QED) is 0.0730. The van der Waals surface area contributed by atoms with E-state index in [1.54, 1.807) is 18.2 Å². The van der Waals surface area contributed by atoms with Crippen molar-refractivity contribution in [3.8, 4) is 0 Å². The van der Waals surface area contributed by atoms with E-state index in [9.17, 15) is 10.0 Å². The summed E-state index contributed by atoms with van der Waals surface area (Å²) in [4.78, 5) is 0. The van der Waals surface area contributed by atoms with Gasteiger partial charge in [0, 0.05) is 0 Å². The average molecular weight is 605 g/mol. The highest BCUT2D eigenvalue weighted by Gasteiger charge is 1.95. The molecule has 5 heteroatoms.